The maximum atomic E-state index is 13.1. The van der Waals surface area contributed by atoms with Crippen molar-refractivity contribution in [1.82, 2.24) is 9.97 Å². The van der Waals surface area contributed by atoms with Crippen molar-refractivity contribution in [3.8, 4) is 0 Å². The topological polar surface area (TPSA) is 78.4 Å². The van der Waals surface area contributed by atoms with Crippen molar-refractivity contribution in [1.29, 1.82) is 0 Å². The van der Waals surface area contributed by atoms with Crippen molar-refractivity contribution in [2.75, 3.05) is 4.90 Å². The number of hydrogen-bond acceptors (Lipinski definition) is 4. The second-order valence-corrected chi connectivity index (χ2v) is 6.09. The van der Waals surface area contributed by atoms with Gasteiger partial charge in [-0.05, 0) is 18.6 Å². The smallest absolute Gasteiger partial charge is 0.285 e. The van der Waals surface area contributed by atoms with E-state index in [1.807, 2.05) is 60.7 Å². The highest BCUT2D eigenvalue weighted by Crippen LogP contribution is 2.25. The van der Waals surface area contributed by atoms with E-state index in [4.69, 9.17) is 0 Å². The fourth-order valence-corrected chi connectivity index (χ4v) is 2.87. The van der Waals surface area contributed by atoms with E-state index < -0.39 is 0 Å². The van der Waals surface area contributed by atoms with Gasteiger partial charge in [0.2, 0.25) is 5.95 Å². The van der Waals surface area contributed by atoms with Gasteiger partial charge in [0.1, 0.15) is 5.70 Å². The average molecular weight is 356 g/mol. The van der Waals surface area contributed by atoms with Crippen LogP contribution in [0.15, 0.2) is 82.2 Å². The zero-order valence-corrected chi connectivity index (χ0v) is 14.6. The lowest BCUT2D eigenvalue weighted by atomic mass is 10.2. The number of amides is 1. The summed E-state index contributed by atoms with van der Waals surface area (Å²) in [6, 6.07) is 20.2. The zero-order chi connectivity index (χ0) is 18.8. The summed E-state index contributed by atoms with van der Waals surface area (Å²) < 4.78 is 0. The van der Waals surface area contributed by atoms with Gasteiger partial charge in [0, 0.05) is 17.3 Å². The molecular formula is C21H16N4O2. The van der Waals surface area contributed by atoms with Crippen LogP contribution in [0.3, 0.4) is 0 Å². The van der Waals surface area contributed by atoms with Crippen LogP contribution in [0.25, 0.3) is 6.08 Å². The lowest BCUT2D eigenvalue weighted by molar-refractivity contribution is -0.113. The van der Waals surface area contributed by atoms with Crippen molar-refractivity contribution >= 4 is 23.8 Å². The Morgan fingerprint density at radius 1 is 0.963 bits per heavy atom. The molecule has 0 unspecified atom stereocenters. The van der Waals surface area contributed by atoms with Crippen LogP contribution in [0.5, 0.6) is 0 Å². The molecule has 6 nitrogen and oxygen atoms in total. The number of aromatic nitrogens is 2. The number of carbonyl (C=O) groups is 1. The van der Waals surface area contributed by atoms with Crippen LogP contribution in [0, 0.1) is 6.92 Å². The number of nitrogens with one attached hydrogen (secondary N) is 1. The lowest BCUT2D eigenvalue weighted by Crippen LogP contribution is -2.35. The van der Waals surface area contributed by atoms with Gasteiger partial charge in [-0.15, -0.1) is 0 Å². The Morgan fingerprint density at radius 3 is 2.30 bits per heavy atom. The second-order valence-electron chi connectivity index (χ2n) is 6.09. The summed E-state index contributed by atoms with van der Waals surface area (Å²) in [5.41, 5.74) is 2.10. The van der Waals surface area contributed by atoms with E-state index in [0.29, 0.717) is 11.5 Å². The maximum Gasteiger partial charge on any atom is 0.285 e. The first-order valence-electron chi connectivity index (χ1n) is 8.45. The van der Waals surface area contributed by atoms with Gasteiger partial charge >= 0.3 is 0 Å². The van der Waals surface area contributed by atoms with Crippen LogP contribution in [0.4, 0.5) is 5.95 Å². The molecule has 1 aliphatic heterocycles. The van der Waals surface area contributed by atoms with Crippen LogP contribution >= 0.6 is 0 Å². The average Bonchev–Trinajstić information content (AvgIpc) is 2.99. The number of hydrogen-bond donors (Lipinski definition) is 1. The molecule has 4 rings (SSSR count). The summed E-state index contributed by atoms with van der Waals surface area (Å²) in [6.07, 6.45) is 1.72. The lowest BCUT2D eigenvalue weighted by Gasteiger charge is -2.17. The monoisotopic (exact) mass is 356 g/mol. The molecule has 0 atom stereocenters. The van der Waals surface area contributed by atoms with Crippen LogP contribution in [0.1, 0.15) is 16.8 Å². The van der Waals surface area contributed by atoms with Crippen LogP contribution in [-0.4, -0.2) is 21.7 Å². The van der Waals surface area contributed by atoms with E-state index in [2.05, 4.69) is 15.0 Å². The van der Waals surface area contributed by atoms with Crippen molar-refractivity contribution in [2.45, 2.75) is 6.92 Å². The number of carbonyl (C=O) groups excluding carboxylic acids is 1. The molecule has 0 bridgehead atoms. The number of amidine groups is 1. The number of nitrogens with zero attached hydrogens (tertiary/aromatic N) is 3. The minimum absolute atomic E-state index is 0.157. The van der Waals surface area contributed by atoms with E-state index in [-0.39, 0.29) is 23.1 Å². The summed E-state index contributed by atoms with van der Waals surface area (Å²) in [5, 5.41) is 0. The molecular weight excluding hydrogens is 340 g/mol. The van der Waals surface area contributed by atoms with Gasteiger partial charge < -0.3 is 0 Å². The normalized spacial score (nSPS) is 15.3. The standard InChI is InChI=1S/C21H16N4O2/c1-14-12-18(26)24-21(22-14)25-19(16-10-6-3-7-11-16)23-17(20(25)27)13-15-8-4-2-5-9-15/h2-13H,1H3,(H,22,24,26)/b17-13+. The molecule has 0 radical (unpaired) electrons. The number of aryl methyl sites for hydroxylation is 1. The Morgan fingerprint density at radius 2 is 1.63 bits per heavy atom. The molecule has 2 aromatic carbocycles. The Balaban J connectivity index is 1.86. The zero-order valence-electron chi connectivity index (χ0n) is 14.6. The van der Waals surface area contributed by atoms with Gasteiger partial charge in [-0.2, -0.15) is 0 Å². The van der Waals surface area contributed by atoms with Crippen molar-refractivity contribution in [3.63, 3.8) is 0 Å². The molecule has 3 aromatic rings. The molecule has 1 aromatic heterocycles. The van der Waals surface area contributed by atoms with Crippen LogP contribution in [0.2, 0.25) is 0 Å². The third-order valence-corrected chi connectivity index (χ3v) is 4.06. The SMILES string of the molecule is Cc1cc(=O)[nH]c(N2C(=O)/C(=C\c3ccccc3)N=C2c2ccccc2)n1. The third-order valence-electron chi connectivity index (χ3n) is 4.06. The minimum Gasteiger partial charge on any atom is -0.292 e. The number of aromatic amines is 1. The van der Waals surface area contributed by atoms with Crippen LogP contribution < -0.4 is 10.5 Å². The van der Waals surface area contributed by atoms with E-state index in [1.54, 1.807) is 13.0 Å². The predicted octanol–water partition coefficient (Wildman–Crippen LogP) is 2.91. The van der Waals surface area contributed by atoms with Gasteiger partial charge in [-0.25, -0.2) is 14.9 Å². The van der Waals surface area contributed by atoms with E-state index >= 15 is 0 Å². The van der Waals surface area contributed by atoms with E-state index in [9.17, 15) is 9.59 Å². The molecule has 0 saturated heterocycles. The number of benzene rings is 2. The molecule has 0 spiro atoms. The molecule has 1 amide bonds. The molecule has 27 heavy (non-hydrogen) atoms. The summed E-state index contributed by atoms with van der Waals surface area (Å²) in [4.78, 5) is 37.8. The van der Waals surface area contributed by atoms with Crippen molar-refractivity contribution < 1.29 is 4.79 Å². The quantitative estimate of drug-likeness (QED) is 0.733. The number of H-pyrrole nitrogens is 1. The fraction of sp³-hybridized carbons (Fsp3) is 0.0476. The maximum absolute atomic E-state index is 13.1. The highest BCUT2D eigenvalue weighted by molar-refractivity contribution is 6.32. The summed E-state index contributed by atoms with van der Waals surface area (Å²) in [7, 11) is 0. The number of aliphatic imine (C=N–C) groups is 1. The molecule has 2 heterocycles. The molecule has 1 aliphatic rings. The van der Waals surface area contributed by atoms with Crippen molar-refractivity contribution in [3.05, 3.63) is 99.6 Å². The Kier molecular flexibility index (Phi) is 4.22. The Bertz CT molecular complexity index is 1120. The molecule has 6 heteroatoms. The van der Waals surface area contributed by atoms with Gasteiger partial charge in [0.05, 0.1) is 0 Å². The summed E-state index contributed by atoms with van der Waals surface area (Å²) in [5.74, 6) is 0.243. The predicted molar refractivity (Wildman–Crippen MR) is 104 cm³/mol. The van der Waals surface area contributed by atoms with Gasteiger partial charge in [0.25, 0.3) is 11.5 Å². The third kappa shape index (κ3) is 3.32. The molecule has 0 fully saturated rings. The molecule has 132 valence electrons. The first-order chi connectivity index (χ1) is 13.1. The molecule has 1 N–H and O–H groups in total. The minimum atomic E-state index is -0.341. The Labute approximate surface area is 155 Å². The van der Waals surface area contributed by atoms with Gasteiger partial charge in [-0.1, -0.05) is 60.7 Å². The van der Waals surface area contributed by atoms with E-state index in [1.165, 1.54) is 11.0 Å². The number of anilines is 1. The van der Waals surface area contributed by atoms with E-state index in [0.717, 1.165) is 11.1 Å². The number of rotatable bonds is 3. The van der Waals surface area contributed by atoms with Crippen molar-refractivity contribution in [2.24, 2.45) is 4.99 Å². The van der Waals surface area contributed by atoms with Gasteiger partial charge in [0.15, 0.2) is 5.84 Å². The highest BCUT2D eigenvalue weighted by atomic mass is 16.2. The molecule has 0 aliphatic carbocycles. The first kappa shape index (κ1) is 16.7. The fourth-order valence-electron chi connectivity index (χ4n) is 2.87. The molecule has 0 saturated carbocycles. The summed E-state index contributed by atoms with van der Waals surface area (Å²) in [6.45, 7) is 1.71. The van der Waals surface area contributed by atoms with Crippen LogP contribution in [-0.2, 0) is 4.79 Å². The summed E-state index contributed by atoms with van der Waals surface area (Å²) >= 11 is 0. The highest BCUT2D eigenvalue weighted by Gasteiger charge is 2.34. The largest absolute Gasteiger partial charge is 0.292 e. The first-order valence-corrected chi connectivity index (χ1v) is 8.45. The second kappa shape index (κ2) is 6.84. The van der Waals surface area contributed by atoms with Gasteiger partial charge in [-0.3, -0.25) is 14.6 Å². The Hall–Kier alpha value is -3.80.